The van der Waals surface area contributed by atoms with Crippen molar-refractivity contribution >= 4 is 41.3 Å². The SMILES string of the molecule is O=C(CCC(=O)Oc1ccc(C(=O)Oc2ccc3ccccc3c2)cc1)Oc1ccc(S)cc1. The molecule has 0 N–H and O–H groups in total. The first-order valence-electron chi connectivity index (χ1n) is 10.5. The average molecular weight is 473 g/mol. The maximum atomic E-state index is 12.4. The summed E-state index contributed by atoms with van der Waals surface area (Å²) >= 11 is 4.16. The number of ether oxygens (including phenoxy) is 3. The quantitative estimate of drug-likeness (QED) is 0.213. The van der Waals surface area contributed by atoms with Gasteiger partial charge in [0.15, 0.2) is 0 Å². The zero-order valence-corrected chi connectivity index (χ0v) is 18.9. The van der Waals surface area contributed by atoms with Gasteiger partial charge in [0.25, 0.3) is 0 Å². The van der Waals surface area contributed by atoms with Crippen LogP contribution in [0.4, 0.5) is 0 Å². The van der Waals surface area contributed by atoms with Crippen molar-refractivity contribution in [1.82, 2.24) is 0 Å². The summed E-state index contributed by atoms with van der Waals surface area (Å²) in [5.74, 6) is -0.591. The van der Waals surface area contributed by atoms with Crippen molar-refractivity contribution in [3.8, 4) is 17.2 Å². The lowest BCUT2D eigenvalue weighted by Crippen LogP contribution is -2.14. The van der Waals surface area contributed by atoms with E-state index in [9.17, 15) is 14.4 Å². The standard InChI is InChI=1S/C27H20O6S/c28-25(15-16-26(29)32-22-11-13-24(34)14-12-22)31-21-8-6-19(7-9-21)27(30)33-23-10-5-18-3-1-2-4-20(18)17-23/h1-14,17,34H,15-16H2. The first-order valence-corrected chi connectivity index (χ1v) is 10.9. The number of fused-ring (bicyclic) bond motifs is 1. The van der Waals surface area contributed by atoms with E-state index in [0.29, 0.717) is 17.1 Å². The Morgan fingerprint density at radius 1 is 0.588 bits per heavy atom. The lowest BCUT2D eigenvalue weighted by atomic mass is 10.1. The highest BCUT2D eigenvalue weighted by atomic mass is 32.1. The van der Waals surface area contributed by atoms with Gasteiger partial charge in [0.1, 0.15) is 17.2 Å². The minimum absolute atomic E-state index is 0.127. The number of esters is 3. The van der Waals surface area contributed by atoms with E-state index in [-0.39, 0.29) is 18.6 Å². The lowest BCUT2D eigenvalue weighted by molar-refractivity contribution is -0.140. The average Bonchev–Trinajstić information content (AvgIpc) is 2.84. The Hall–Kier alpha value is -4.10. The lowest BCUT2D eigenvalue weighted by Gasteiger charge is -2.08. The van der Waals surface area contributed by atoms with Crippen LogP contribution in [-0.2, 0) is 9.59 Å². The largest absolute Gasteiger partial charge is 0.427 e. The molecule has 0 saturated carbocycles. The van der Waals surface area contributed by atoms with Gasteiger partial charge >= 0.3 is 17.9 Å². The van der Waals surface area contributed by atoms with Crippen molar-refractivity contribution in [3.63, 3.8) is 0 Å². The molecule has 0 heterocycles. The van der Waals surface area contributed by atoms with Gasteiger partial charge in [-0.2, -0.15) is 0 Å². The molecule has 0 aliphatic carbocycles. The molecule has 0 saturated heterocycles. The fourth-order valence-corrected chi connectivity index (χ4v) is 3.29. The third kappa shape index (κ3) is 6.24. The predicted octanol–water partition coefficient (Wildman–Crippen LogP) is 5.64. The van der Waals surface area contributed by atoms with Gasteiger partial charge in [-0.05, 0) is 71.4 Å². The van der Waals surface area contributed by atoms with E-state index in [2.05, 4.69) is 12.6 Å². The van der Waals surface area contributed by atoms with Crippen molar-refractivity contribution in [1.29, 1.82) is 0 Å². The Kier molecular flexibility index (Phi) is 7.25. The summed E-state index contributed by atoms with van der Waals surface area (Å²) in [6.07, 6.45) is -0.271. The fraction of sp³-hybridized carbons (Fsp3) is 0.0741. The third-order valence-electron chi connectivity index (χ3n) is 4.85. The molecule has 0 amide bonds. The fourth-order valence-electron chi connectivity index (χ4n) is 3.14. The molecule has 0 aromatic heterocycles. The summed E-state index contributed by atoms with van der Waals surface area (Å²) in [6, 6.07) is 25.8. The van der Waals surface area contributed by atoms with Gasteiger partial charge in [-0.3, -0.25) is 9.59 Å². The van der Waals surface area contributed by atoms with Gasteiger partial charge in [0.05, 0.1) is 18.4 Å². The molecule has 0 bridgehead atoms. The van der Waals surface area contributed by atoms with E-state index in [1.54, 1.807) is 36.4 Å². The maximum absolute atomic E-state index is 12.4. The van der Waals surface area contributed by atoms with Crippen LogP contribution in [0.3, 0.4) is 0 Å². The summed E-state index contributed by atoms with van der Waals surface area (Å²) in [4.78, 5) is 37.1. The maximum Gasteiger partial charge on any atom is 0.343 e. The molecular weight excluding hydrogens is 452 g/mol. The van der Waals surface area contributed by atoms with E-state index >= 15 is 0 Å². The first-order chi connectivity index (χ1) is 16.5. The van der Waals surface area contributed by atoms with Crippen molar-refractivity contribution in [2.24, 2.45) is 0 Å². The second kappa shape index (κ2) is 10.7. The van der Waals surface area contributed by atoms with Crippen molar-refractivity contribution in [2.75, 3.05) is 0 Å². The molecule has 4 aromatic carbocycles. The highest BCUT2D eigenvalue weighted by molar-refractivity contribution is 7.80. The van der Waals surface area contributed by atoms with Crippen LogP contribution < -0.4 is 14.2 Å². The molecule has 0 fully saturated rings. The number of carbonyl (C=O) groups is 3. The van der Waals surface area contributed by atoms with Crippen LogP contribution in [0.15, 0.2) is 95.9 Å². The molecule has 0 aliphatic rings. The summed E-state index contributed by atoms with van der Waals surface area (Å²) in [5.41, 5.74) is 0.309. The molecular formula is C27H20O6S. The van der Waals surface area contributed by atoms with Crippen molar-refractivity contribution in [2.45, 2.75) is 17.7 Å². The van der Waals surface area contributed by atoms with Gasteiger partial charge in [-0.15, -0.1) is 12.6 Å². The third-order valence-corrected chi connectivity index (χ3v) is 5.15. The van der Waals surface area contributed by atoms with Gasteiger partial charge < -0.3 is 14.2 Å². The zero-order chi connectivity index (χ0) is 23.9. The van der Waals surface area contributed by atoms with Crippen LogP contribution in [0.25, 0.3) is 10.8 Å². The van der Waals surface area contributed by atoms with Crippen LogP contribution in [0, 0.1) is 0 Å². The van der Waals surface area contributed by atoms with E-state index in [1.165, 1.54) is 24.3 Å². The normalized spacial score (nSPS) is 10.5. The molecule has 0 atom stereocenters. The summed E-state index contributed by atoms with van der Waals surface area (Å²) in [5, 5.41) is 2.02. The van der Waals surface area contributed by atoms with Crippen LogP contribution in [0.1, 0.15) is 23.2 Å². The van der Waals surface area contributed by atoms with E-state index in [1.807, 2.05) is 30.3 Å². The Morgan fingerprint density at radius 2 is 1.12 bits per heavy atom. The molecule has 0 radical (unpaired) electrons. The monoisotopic (exact) mass is 472 g/mol. The van der Waals surface area contributed by atoms with Crippen molar-refractivity contribution in [3.05, 3.63) is 96.6 Å². The highest BCUT2D eigenvalue weighted by Crippen LogP contribution is 2.22. The van der Waals surface area contributed by atoms with Gasteiger partial charge in [-0.25, -0.2) is 4.79 Å². The first kappa shape index (κ1) is 23.1. The van der Waals surface area contributed by atoms with Crippen LogP contribution in [0.5, 0.6) is 17.2 Å². The van der Waals surface area contributed by atoms with E-state index in [0.717, 1.165) is 15.7 Å². The number of benzene rings is 4. The summed E-state index contributed by atoms with van der Waals surface area (Å²) < 4.78 is 15.8. The topological polar surface area (TPSA) is 78.9 Å². The highest BCUT2D eigenvalue weighted by Gasteiger charge is 2.13. The Bertz CT molecular complexity index is 1330. The van der Waals surface area contributed by atoms with Crippen LogP contribution >= 0.6 is 12.6 Å². The second-order valence-corrected chi connectivity index (χ2v) is 7.88. The number of rotatable bonds is 7. The Balaban J connectivity index is 1.26. The zero-order valence-electron chi connectivity index (χ0n) is 18.0. The Labute approximate surface area is 201 Å². The van der Waals surface area contributed by atoms with Crippen LogP contribution in [-0.4, -0.2) is 17.9 Å². The molecule has 0 aliphatic heterocycles. The molecule has 4 rings (SSSR count). The van der Waals surface area contributed by atoms with E-state index in [4.69, 9.17) is 14.2 Å². The van der Waals surface area contributed by atoms with E-state index < -0.39 is 17.9 Å². The summed E-state index contributed by atoms with van der Waals surface area (Å²) in [6.45, 7) is 0. The number of carbonyl (C=O) groups excluding carboxylic acids is 3. The number of thiol groups is 1. The predicted molar refractivity (Wildman–Crippen MR) is 130 cm³/mol. The van der Waals surface area contributed by atoms with Gasteiger partial charge in [0.2, 0.25) is 0 Å². The minimum Gasteiger partial charge on any atom is -0.427 e. The molecule has 0 spiro atoms. The van der Waals surface area contributed by atoms with Crippen LogP contribution in [0.2, 0.25) is 0 Å². The second-order valence-electron chi connectivity index (χ2n) is 7.36. The molecule has 170 valence electrons. The molecule has 4 aromatic rings. The van der Waals surface area contributed by atoms with Crippen molar-refractivity contribution < 1.29 is 28.6 Å². The van der Waals surface area contributed by atoms with Gasteiger partial charge in [-0.1, -0.05) is 30.3 Å². The molecule has 6 nitrogen and oxygen atoms in total. The molecule has 0 unspecified atom stereocenters. The number of hydrogen-bond donors (Lipinski definition) is 1. The van der Waals surface area contributed by atoms with Gasteiger partial charge in [0, 0.05) is 4.90 Å². The molecule has 34 heavy (non-hydrogen) atoms. The summed E-state index contributed by atoms with van der Waals surface area (Å²) in [7, 11) is 0. The smallest absolute Gasteiger partial charge is 0.343 e. The minimum atomic E-state index is -0.589. The Morgan fingerprint density at radius 3 is 1.74 bits per heavy atom. The molecule has 7 heteroatoms. The number of hydrogen-bond acceptors (Lipinski definition) is 7.